The van der Waals surface area contributed by atoms with Crippen LogP contribution in [0.2, 0.25) is 0 Å². The Balaban J connectivity index is 1.33. The lowest BCUT2D eigenvalue weighted by Crippen LogP contribution is -2.45. The van der Waals surface area contributed by atoms with Gasteiger partial charge in [-0.05, 0) is 44.4 Å². The zero-order valence-electron chi connectivity index (χ0n) is 17.3. The Morgan fingerprint density at radius 2 is 2.07 bits per heavy atom. The summed E-state index contributed by atoms with van der Waals surface area (Å²) >= 11 is 0. The first kappa shape index (κ1) is 19.2. The molecule has 4 rings (SSSR count). The molecular formula is C22H29N7. The number of aliphatic imine (C=N–C) groups is 1. The molecule has 29 heavy (non-hydrogen) atoms. The van der Waals surface area contributed by atoms with Gasteiger partial charge >= 0.3 is 0 Å². The van der Waals surface area contributed by atoms with Crippen molar-refractivity contribution in [3.8, 4) is 5.69 Å². The van der Waals surface area contributed by atoms with Gasteiger partial charge < -0.3 is 10.6 Å². The van der Waals surface area contributed by atoms with Crippen molar-refractivity contribution in [2.75, 3.05) is 7.05 Å². The zero-order chi connectivity index (χ0) is 20.2. The molecule has 7 heteroatoms. The predicted molar refractivity (Wildman–Crippen MR) is 115 cm³/mol. The van der Waals surface area contributed by atoms with E-state index in [1.807, 2.05) is 54.5 Å². The highest BCUT2D eigenvalue weighted by molar-refractivity contribution is 5.80. The van der Waals surface area contributed by atoms with Gasteiger partial charge in [-0.2, -0.15) is 10.2 Å². The highest BCUT2D eigenvalue weighted by Crippen LogP contribution is 2.21. The van der Waals surface area contributed by atoms with Gasteiger partial charge in [0.15, 0.2) is 5.96 Å². The summed E-state index contributed by atoms with van der Waals surface area (Å²) in [7, 11) is 1.81. The fourth-order valence-corrected chi connectivity index (χ4v) is 3.65. The summed E-state index contributed by atoms with van der Waals surface area (Å²) in [5, 5.41) is 16.2. The van der Waals surface area contributed by atoms with E-state index < -0.39 is 0 Å². The van der Waals surface area contributed by atoms with E-state index in [0.717, 1.165) is 36.5 Å². The Bertz CT molecular complexity index is 968. The molecule has 152 valence electrons. The van der Waals surface area contributed by atoms with E-state index in [1.54, 1.807) is 0 Å². The minimum absolute atomic E-state index is 0.344. The zero-order valence-corrected chi connectivity index (χ0v) is 17.3. The van der Waals surface area contributed by atoms with Crippen LogP contribution >= 0.6 is 0 Å². The molecule has 1 aliphatic carbocycles. The monoisotopic (exact) mass is 391 g/mol. The standard InChI is InChI=1S/C22H29N7/c1-16(2)28-15-18-9-10-19(11-21(18)27-28)26-22(23-3)24-12-17-13-25-29(14-17)20-7-5-4-6-8-20/h4-8,13-16,19H,9-12H2,1-3H3,(H2,23,24,26). The minimum Gasteiger partial charge on any atom is -0.353 e. The van der Waals surface area contributed by atoms with E-state index in [9.17, 15) is 0 Å². The third-order valence-corrected chi connectivity index (χ3v) is 5.31. The second-order valence-electron chi connectivity index (χ2n) is 7.81. The van der Waals surface area contributed by atoms with Crippen molar-refractivity contribution < 1.29 is 0 Å². The van der Waals surface area contributed by atoms with Crippen molar-refractivity contribution in [3.63, 3.8) is 0 Å². The van der Waals surface area contributed by atoms with Crippen LogP contribution in [-0.2, 0) is 19.4 Å². The molecule has 0 saturated heterocycles. The third kappa shape index (κ3) is 4.50. The van der Waals surface area contributed by atoms with Gasteiger partial charge in [0.05, 0.1) is 17.6 Å². The Kier molecular flexibility index (Phi) is 5.64. The molecule has 0 aliphatic heterocycles. The molecular weight excluding hydrogens is 362 g/mol. The number of para-hydroxylation sites is 1. The van der Waals surface area contributed by atoms with Gasteiger partial charge in [-0.1, -0.05) is 18.2 Å². The molecule has 2 heterocycles. The van der Waals surface area contributed by atoms with Gasteiger partial charge in [-0.3, -0.25) is 9.67 Å². The first-order chi connectivity index (χ1) is 14.1. The lowest BCUT2D eigenvalue weighted by atomic mass is 9.94. The largest absolute Gasteiger partial charge is 0.353 e. The molecule has 0 bridgehead atoms. The van der Waals surface area contributed by atoms with Crippen molar-refractivity contribution >= 4 is 5.96 Å². The van der Waals surface area contributed by atoms with Crippen molar-refractivity contribution in [1.29, 1.82) is 0 Å². The van der Waals surface area contributed by atoms with Crippen LogP contribution in [0.4, 0.5) is 0 Å². The Morgan fingerprint density at radius 1 is 1.24 bits per heavy atom. The van der Waals surface area contributed by atoms with Crippen LogP contribution in [0.25, 0.3) is 5.69 Å². The van der Waals surface area contributed by atoms with Gasteiger partial charge in [0.25, 0.3) is 0 Å². The Morgan fingerprint density at radius 3 is 2.83 bits per heavy atom. The number of hydrogen-bond donors (Lipinski definition) is 2. The van der Waals surface area contributed by atoms with E-state index >= 15 is 0 Å². The molecule has 1 atom stereocenters. The molecule has 0 radical (unpaired) electrons. The van der Waals surface area contributed by atoms with Crippen molar-refractivity contribution in [2.24, 2.45) is 4.99 Å². The summed E-state index contributed by atoms with van der Waals surface area (Å²) in [4.78, 5) is 4.39. The molecule has 0 amide bonds. The topological polar surface area (TPSA) is 72.1 Å². The van der Waals surface area contributed by atoms with Crippen LogP contribution < -0.4 is 10.6 Å². The summed E-state index contributed by atoms with van der Waals surface area (Å²) in [5.41, 5.74) is 4.76. The number of nitrogens with one attached hydrogen (secondary N) is 2. The van der Waals surface area contributed by atoms with Gasteiger partial charge in [-0.15, -0.1) is 0 Å². The maximum Gasteiger partial charge on any atom is 0.191 e. The second-order valence-corrected chi connectivity index (χ2v) is 7.81. The van der Waals surface area contributed by atoms with E-state index in [0.29, 0.717) is 18.6 Å². The maximum atomic E-state index is 4.76. The van der Waals surface area contributed by atoms with Crippen molar-refractivity contribution in [1.82, 2.24) is 30.2 Å². The van der Waals surface area contributed by atoms with E-state index in [4.69, 9.17) is 5.10 Å². The fraction of sp³-hybridized carbons (Fsp3) is 0.409. The molecule has 2 N–H and O–H groups in total. The average molecular weight is 392 g/mol. The summed E-state index contributed by atoms with van der Waals surface area (Å²) < 4.78 is 3.96. The number of rotatable bonds is 5. The Labute approximate surface area is 171 Å². The van der Waals surface area contributed by atoms with Crippen LogP contribution in [0.3, 0.4) is 0 Å². The quantitative estimate of drug-likeness (QED) is 0.518. The predicted octanol–water partition coefficient (Wildman–Crippen LogP) is 2.87. The van der Waals surface area contributed by atoms with Gasteiger partial charge in [0.1, 0.15) is 0 Å². The van der Waals surface area contributed by atoms with E-state index in [-0.39, 0.29) is 0 Å². The molecule has 2 aromatic heterocycles. The summed E-state index contributed by atoms with van der Waals surface area (Å²) in [6.07, 6.45) is 9.21. The van der Waals surface area contributed by atoms with Gasteiger partial charge in [0, 0.05) is 50.1 Å². The molecule has 0 fully saturated rings. The van der Waals surface area contributed by atoms with Crippen LogP contribution in [-0.4, -0.2) is 38.6 Å². The molecule has 7 nitrogen and oxygen atoms in total. The van der Waals surface area contributed by atoms with Crippen LogP contribution in [0.5, 0.6) is 0 Å². The molecule has 3 aromatic rings. The van der Waals surface area contributed by atoms with E-state index in [1.165, 1.54) is 11.3 Å². The molecule has 0 spiro atoms. The lowest BCUT2D eigenvalue weighted by molar-refractivity contribution is 0.499. The second kappa shape index (κ2) is 8.51. The fourth-order valence-electron chi connectivity index (χ4n) is 3.65. The maximum absolute atomic E-state index is 4.76. The number of benzene rings is 1. The SMILES string of the molecule is CN=C(NCc1cnn(-c2ccccc2)c1)NC1CCc2cn(C(C)C)nc2C1. The first-order valence-corrected chi connectivity index (χ1v) is 10.3. The molecule has 0 saturated carbocycles. The van der Waals surface area contributed by atoms with Crippen molar-refractivity contribution in [3.05, 3.63) is 65.7 Å². The summed E-state index contributed by atoms with van der Waals surface area (Å²) in [6, 6.07) is 10.9. The molecule has 1 unspecified atom stereocenters. The highest BCUT2D eigenvalue weighted by atomic mass is 15.3. The third-order valence-electron chi connectivity index (χ3n) is 5.31. The smallest absolute Gasteiger partial charge is 0.191 e. The first-order valence-electron chi connectivity index (χ1n) is 10.3. The molecule has 1 aliphatic rings. The number of guanidine groups is 1. The number of fused-ring (bicyclic) bond motifs is 1. The number of aryl methyl sites for hydroxylation is 1. The van der Waals surface area contributed by atoms with Crippen LogP contribution in [0.1, 0.15) is 43.1 Å². The Hall–Kier alpha value is -3.09. The summed E-state index contributed by atoms with van der Waals surface area (Å²) in [6.45, 7) is 5.01. The number of nitrogens with zero attached hydrogens (tertiary/aromatic N) is 5. The van der Waals surface area contributed by atoms with Crippen LogP contribution in [0, 0.1) is 0 Å². The van der Waals surface area contributed by atoms with Crippen LogP contribution in [0.15, 0.2) is 53.9 Å². The van der Waals surface area contributed by atoms with E-state index in [2.05, 4.69) is 45.5 Å². The van der Waals surface area contributed by atoms with Gasteiger partial charge in [0.2, 0.25) is 0 Å². The number of aromatic nitrogens is 4. The molecule has 1 aromatic carbocycles. The average Bonchev–Trinajstić information content (AvgIpc) is 3.38. The number of hydrogen-bond acceptors (Lipinski definition) is 3. The van der Waals surface area contributed by atoms with Gasteiger partial charge in [-0.25, -0.2) is 4.68 Å². The normalized spacial score (nSPS) is 16.7. The lowest BCUT2D eigenvalue weighted by Gasteiger charge is -2.24. The minimum atomic E-state index is 0.344. The highest BCUT2D eigenvalue weighted by Gasteiger charge is 2.23. The van der Waals surface area contributed by atoms with Crippen molar-refractivity contribution in [2.45, 2.75) is 51.7 Å². The summed E-state index contributed by atoms with van der Waals surface area (Å²) in [5.74, 6) is 0.814.